The number of nitrogens with one attached hydrogen (secondary N) is 2. The quantitative estimate of drug-likeness (QED) is 0.571. The number of likely N-dealkylation sites (tertiary alicyclic amines) is 1. The molecule has 2 heterocycles. The number of carbonyl (C=O) groups is 3. The van der Waals surface area contributed by atoms with Crippen molar-refractivity contribution >= 4 is 40.4 Å². The minimum atomic E-state index is -0.508. The van der Waals surface area contributed by atoms with Crippen LogP contribution < -0.4 is 15.4 Å². The number of benzene rings is 2. The minimum Gasteiger partial charge on any atom is -0.484 e. The second kappa shape index (κ2) is 10.1. The average molecular weight is 450 g/mol. The maximum absolute atomic E-state index is 12.9. The predicted octanol–water partition coefficient (Wildman–Crippen LogP) is 4.01. The van der Waals surface area contributed by atoms with Crippen LogP contribution in [0.5, 0.6) is 5.75 Å². The lowest BCUT2D eigenvalue weighted by atomic mass is 10.2. The van der Waals surface area contributed by atoms with Crippen LogP contribution in [0.25, 0.3) is 0 Å². The Kier molecular flexibility index (Phi) is 6.81. The van der Waals surface area contributed by atoms with Gasteiger partial charge in [0.15, 0.2) is 6.61 Å². The van der Waals surface area contributed by atoms with Crippen molar-refractivity contribution in [3.05, 3.63) is 77.0 Å². The summed E-state index contributed by atoms with van der Waals surface area (Å²) in [5, 5.41) is 7.48. The molecule has 0 saturated carbocycles. The molecule has 1 aliphatic heterocycles. The molecule has 0 spiro atoms. The SMILES string of the molecule is O=C(COc1cccc(NC(=O)[C@@H]2CCCN2C(=O)c2cccs2)c1)Nc1ccccc1. The predicted molar refractivity (Wildman–Crippen MR) is 124 cm³/mol. The van der Waals surface area contributed by atoms with Gasteiger partial charge in [-0.3, -0.25) is 14.4 Å². The Morgan fingerprint density at radius 1 is 0.969 bits per heavy atom. The molecule has 3 amide bonds. The van der Waals surface area contributed by atoms with Gasteiger partial charge in [0.25, 0.3) is 11.8 Å². The molecule has 1 atom stereocenters. The number of hydrogen-bond acceptors (Lipinski definition) is 5. The molecule has 0 radical (unpaired) electrons. The molecule has 164 valence electrons. The Hall–Kier alpha value is -3.65. The van der Waals surface area contributed by atoms with Crippen LogP contribution in [-0.4, -0.2) is 41.8 Å². The van der Waals surface area contributed by atoms with E-state index in [1.165, 1.54) is 11.3 Å². The van der Waals surface area contributed by atoms with Crippen LogP contribution in [-0.2, 0) is 9.59 Å². The Labute approximate surface area is 190 Å². The van der Waals surface area contributed by atoms with Crippen molar-refractivity contribution in [1.29, 1.82) is 0 Å². The van der Waals surface area contributed by atoms with Gasteiger partial charge in [0.05, 0.1) is 4.88 Å². The summed E-state index contributed by atoms with van der Waals surface area (Å²) in [6, 6.07) is 19.1. The van der Waals surface area contributed by atoms with Gasteiger partial charge < -0.3 is 20.3 Å². The van der Waals surface area contributed by atoms with Crippen molar-refractivity contribution in [3.8, 4) is 5.75 Å². The van der Waals surface area contributed by atoms with E-state index in [4.69, 9.17) is 4.74 Å². The summed E-state index contributed by atoms with van der Waals surface area (Å²) in [5.74, 6) is -0.159. The Balaban J connectivity index is 1.33. The van der Waals surface area contributed by atoms with Gasteiger partial charge in [-0.15, -0.1) is 11.3 Å². The molecule has 0 unspecified atom stereocenters. The largest absolute Gasteiger partial charge is 0.484 e. The fourth-order valence-electron chi connectivity index (χ4n) is 3.58. The smallest absolute Gasteiger partial charge is 0.264 e. The molecule has 3 aromatic rings. The van der Waals surface area contributed by atoms with Gasteiger partial charge in [0.1, 0.15) is 11.8 Å². The molecule has 4 rings (SSSR count). The topological polar surface area (TPSA) is 87.7 Å². The van der Waals surface area contributed by atoms with Crippen LogP contribution in [0.1, 0.15) is 22.5 Å². The van der Waals surface area contributed by atoms with Crippen molar-refractivity contribution in [1.82, 2.24) is 4.90 Å². The van der Waals surface area contributed by atoms with Crippen LogP contribution in [0.4, 0.5) is 11.4 Å². The van der Waals surface area contributed by atoms with Crippen LogP contribution in [0.15, 0.2) is 72.1 Å². The number of ether oxygens (including phenoxy) is 1. The second-order valence-electron chi connectivity index (χ2n) is 7.35. The van der Waals surface area contributed by atoms with Gasteiger partial charge in [-0.25, -0.2) is 0 Å². The number of hydrogen-bond donors (Lipinski definition) is 2. The minimum absolute atomic E-state index is 0.112. The summed E-state index contributed by atoms with van der Waals surface area (Å²) < 4.78 is 5.57. The molecule has 1 saturated heterocycles. The van der Waals surface area contributed by atoms with E-state index in [-0.39, 0.29) is 24.3 Å². The first-order valence-electron chi connectivity index (χ1n) is 10.3. The van der Waals surface area contributed by atoms with E-state index < -0.39 is 6.04 Å². The normalized spacial score (nSPS) is 15.2. The van der Waals surface area contributed by atoms with Crippen molar-refractivity contribution in [2.75, 3.05) is 23.8 Å². The van der Waals surface area contributed by atoms with Crippen LogP contribution in [0.2, 0.25) is 0 Å². The third kappa shape index (κ3) is 5.33. The maximum atomic E-state index is 12.9. The van der Waals surface area contributed by atoms with Gasteiger partial charge in [-0.2, -0.15) is 0 Å². The Morgan fingerprint density at radius 3 is 2.56 bits per heavy atom. The highest BCUT2D eigenvalue weighted by Crippen LogP contribution is 2.24. The Bertz CT molecular complexity index is 1090. The fourth-order valence-corrected chi connectivity index (χ4v) is 4.26. The third-order valence-corrected chi connectivity index (χ3v) is 5.94. The zero-order chi connectivity index (χ0) is 22.3. The first kappa shape index (κ1) is 21.6. The van der Waals surface area contributed by atoms with E-state index in [1.807, 2.05) is 29.6 Å². The van der Waals surface area contributed by atoms with E-state index in [9.17, 15) is 14.4 Å². The summed E-state index contributed by atoms with van der Waals surface area (Å²) in [4.78, 5) is 39.9. The number of thiophene rings is 1. The lowest BCUT2D eigenvalue weighted by Gasteiger charge is -2.23. The highest BCUT2D eigenvalue weighted by atomic mass is 32.1. The van der Waals surface area contributed by atoms with Gasteiger partial charge in [-0.05, 0) is 48.6 Å². The van der Waals surface area contributed by atoms with E-state index >= 15 is 0 Å². The van der Waals surface area contributed by atoms with E-state index in [1.54, 1.807) is 47.4 Å². The first-order valence-corrected chi connectivity index (χ1v) is 11.2. The number of amides is 3. The summed E-state index contributed by atoms with van der Waals surface area (Å²) >= 11 is 1.37. The first-order chi connectivity index (χ1) is 15.6. The van der Waals surface area contributed by atoms with Crippen LogP contribution in [0.3, 0.4) is 0 Å². The molecule has 2 N–H and O–H groups in total. The molecule has 0 aliphatic carbocycles. The monoisotopic (exact) mass is 449 g/mol. The Morgan fingerprint density at radius 2 is 1.78 bits per heavy atom. The van der Waals surface area contributed by atoms with Gasteiger partial charge in [0, 0.05) is 24.0 Å². The van der Waals surface area contributed by atoms with Crippen LogP contribution >= 0.6 is 11.3 Å². The van der Waals surface area contributed by atoms with Crippen molar-refractivity contribution in [2.24, 2.45) is 0 Å². The van der Waals surface area contributed by atoms with Crippen LogP contribution in [0, 0.1) is 0 Å². The number of rotatable bonds is 7. The van der Waals surface area contributed by atoms with Crippen molar-refractivity contribution in [3.63, 3.8) is 0 Å². The molecule has 7 nitrogen and oxygen atoms in total. The number of carbonyl (C=O) groups excluding carboxylic acids is 3. The standard InChI is InChI=1S/C24H23N3O4S/c28-22(25-17-7-2-1-3-8-17)16-31-19-10-4-9-18(15-19)26-23(29)20-11-5-13-27(20)24(30)21-12-6-14-32-21/h1-4,6-10,12,14-15,20H,5,11,13,16H2,(H,25,28)(H,26,29)/t20-/m0/s1. The number of anilines is 2. The third-order valence-electron chi connectivity index (χ3n) is 5.08. The molecular formula is C24H23N3O4S. The summed E-state index contributed by atoms with van der Waals surface area (Å²) in [5.41, 5.74) is 1.24. The lowest BCUT2D eigenvalue weighted by molar-refractivity contribution is -0.120. The molecule has 2 aromatic carbocycles. The summed E-state index contributed by atoms with van der Waals surface area (Å²) in [7, 11) is 0. The molecule has 1 aliphatic rings. The lowest BCUT2D eigenvalue weighted by Crippen LogP contribution is -2.42. The summed E-state index contributed by atoms with van der Waals surface area (Å²) in [6.45, 7) is 0.409. The van der Waals surface area contributed by atoms with Crippen molar-refractivity contribution < 1.29 is 19.1 Å². The molecule has 0 bridgehead atoms. The molecular weight excluding hydrogens is 426 g/mol. The zero-order valence-electron chi connectivity index (χ0n) is 17.3. The van der Waals surface area contributed by atoms with E-state index in [0.717, 1.165) is 6.42 Å². The number of para-hydroxylation sites is 1. The second-order valence-corrected chi connectivity index (χ2v) is 8.30. The average Bonchev–Trinajstić information content (AvgIpc) is 3.51. The van der Waals surface area contributed by atoms with Gasteiger partial charge >= 0.3 is 0 Å². The number of nitrogens with zero attached hydrogens (tertiary/aromatic N) is 1. The summed E-state index contributed by atoms with van der Waals surface area (Å²) in [6.07, 6.45) is 1.41. The van der Waals surface area contributed by atoms with Gasteiger partial charge in [0.2, 0.25) is 5.91 Å². The van der Waals surface area contributed by atoms with E-state index in [2.05, 4.69) is 10.6 Å². The molecule has 1 fully saturated rings. The van der Waals surface area contributed by atoms with Crippen molar-refractivity contribution in [2.45, 2.75) is 18.9 Å². The van der Waals surface area contributed by atoms with Gasteiger partial charge in [-0.1, -0.05) is 30.3 Å². The maximum Gasteiger partial charge on any atom is 0.264 e. The molecule has 8 heteroatoms. The van der Waals surface area contributed by atoms with E-state index in [0.29, 0.717) is 35.0 Å². The fraction of sp³-hybridized carbons (Fsp3) is 0.208. The highest BCUT2D eigenvalue weighted by Gasteiger charge is 2.34. The molecule has 32 heavy (non-hydrogen) atoms. The molecule has 1 aromatic heterocycles. The highest BCUT2D eigenvalue weighted by molar-refractivity contribution is 7.12. The zero-order valence-corrected chi connectivity index (χ0v) is 18.1.